The molecule has 3 rings (SSSR count). The van der Waals surface area contributed by atoms with Gasteiger partial charge >= 0.3 is 0 Å². The van der Waals surface area contributed by atoms with Crippen LogP contribution in [0, 0.1) is 12.8 Å². The third-order valence-corrected chi connectivity index (χ3v) is 5.47. The molecule has 1 aromatic carbocycles. The zero-order valence-corrected chi connectivity index (χ0v) is 15.3. The van der Waals surface area contributed by atoms with Crippen LogP contribution in [0.3, 0.4) is 0 Å². The number of rotatable bonds is 3. The van der Waals surface area contributed by atoms with Gasteiger partial charge in [0.15, 0.2) is 0 Å². The van der Waals surface area contributed by atoms with Crippen molar-refractivity contribution in [3.05, 3.63) is 29.3 Å². The van der Waals surface area contributed by atoms with Gasteiger partial charge in [-0.2, -0.15) is 0 Å². The third kappa shape index (κ3) is 3.97. The van der Waals surface area contributed by atoms with E-state index in [1.165, 1.54) is 19.3 Å². The number of aryl methyl sites for hydroxylation is 1. The molecule has 1 saturated carbocycles. The molecule has 5 heteroatoms. The van der Waals surface area contributed by atoms with Crippen LogP contribution >= 0.6 is 0 Å². The fourth-order valence-electron chi connectivity index (χ4n) is 3.93. The molecule has 1 aliphatic heterocycles. The summed E-state index contributed by atoms with van der Waals surface area (Å²) in [6.45, 7) is 4.47. The molecule has 2 aliphatic rings. The lowest BCUT2D eigenvalue weighted by molar-refractivity contribution is -0.138. The number of carbonyl (C=O) groups is 2. The highest BCUT2D eigenvalue weighted by molar-refractivity contribution is 5.94. The summed E-state index contributed by atoms with van der Waals surface area (Å²) in [7, 11) is 1.63. The molecule has 0 spiro atoms. The van der Waals surface area contributed by atoms with E-state index in [1.54, 1.807) is 7.11 Å². The lowest BCUT2D eigenvalue weighted by Crippen LogP contribution is -2.52. The van der Waals surface area contributed by atoms with Gasteiger partial charge in [0.2, 0.25) is 5.91 Å². The molecule has 0 radical (unpaired) electrons. The number of benzene rings is 1. The second kappa shape index (κ2) is 7.89. The Morgan fingerprint density at radius 1 is 1.00 bits per heavy atom. The average molecular weight is 344 g/mol. The molecule has 0 aromatic heterocycles. The number of amides is 2. The van der Waals surface area contributed by atoms with Gasteiger partial charge in [-0.3, -0.25) is 9.59 Å². The molecule has 0 bridgehead atoms. The van der Waals surface area contributed by atoms with E-state index in [0.29, 0.717) is 37.6 Å². The standard InChI is InChI=1S/C20H28N2O3/c1-15-14-17(8-9-18(15)25-2)20(24)22-12-10-21(11-13-22)19(23)16-6-4-3-5-7-16/h8-9,14,16H,3-7,10-13H2,1-2H3. The van der Waals surface area contributed by atoms with E-state index in [1.807, 2.05) is 34.9 Å². The molecular weight excluding hydrogens is 316 g/mol. The van der Waals surface area contributed by atoms with E-state index in [4.69, 9.17) is 4.74 Å². The number of hydrogen-bond donors (Lipinski definition) is 0. The maximum atomic E-state index is 12.7. The summed E-state index contributed by atoms with van der Waals surface area (Å²) in [4.78, 5) is 29.1. The number of piperazine rings is 1. The summed E-state index contributed by atoms with van der Waals surface area (Å²) in [6, 6.07) is 5.53. The van der Waals surface area contributed by atoms with Gasteiger partial charge in [0.05, 0.1) is 7.11 Å². The van der Waals surface area contributed by atoms with Crippen LogP contribution in [0.5, 0.6) is 5.75 Å². The molecule has 25 heavy (non-hydrogen) atoms. The third-order valence-electron chi connectivity index (χ3n) is 5.47. The Bertz CT molecular complexity index is 630. The smallest absolute Gasteiger partial charge is 0.253 e. The van der Waals surface area contributed by atoms with E-state index in [0.717, 1.165) is 24.2 Å². The fraction of sp³-hybridized carbons (Fsp3) is 0.600. The average Bonchev–Trinajstić information content (AvgIpc) is 2.67. The van der Waals surface area contributed by atoms with Crippen LogP contribution in [0.1, 0.15) is 48.0 Å². The first kappa shape index (κ1) is 17.8. The second-order valence-electron chi connectivity index (χ2n) is 7.14. The van der Waals surface area contributed by atoms with E-state index < -0.39 is 0 Å². The van der Waals surface area contributed by atoms with Crippen molar-refractivity contribution in [2.75, 3.05) is 33.3 Å². The quantitative estimate of drug-likeness (QED) is 0.847. The van der Waals surface area contributed by atoms with Gasteiger partial charge in [0.1, 0.15) is 5.75 Å². The highest BCUT2D eigenvalue weighted by atomic mass is 16.5. The predicted molar refractivity (Wildman–Crippen MR) is 96.8 cm³/mol. The highest BCUT2D eigenvalue weighted by Gasteiger charge is 2.30. The Labute approximate surface area is 149 Å². The Morgan fingerprint density at radius 3 is 2.24 bits per heavy atom. The predicted octanol–water partition coefficient (Wildman–Crippen LogP) is 2.87. The molecule has 0 unspecified atom stereocenters. The Morgan fingerprint density at radius 2 is 1.64 bits per heavy atom. The van der Waals surface area contributed by atoms with Gasteiger partial charge in [0.25, 0.3) is 5.91 Å². The highest BCUT2D eigenvalue weighted by Crippen LogP contribution is 2.26. The van der Waals surface area contributed by atoms with Crippen LogP contribution in [0.15, 0.2) is 18.2 Å². The summed E-state index contributed by atoms with van der Waals surface area (Å²) in [5.41, 5.74) is 1.64. The molecule has 0 atom stereocenters. The summed E-state index contributed by atoms with van der Waals surface area (Å²) >= 11 is 0. The zero-order chi connectivity index (χ0) is 17.8. The minimum absolute atomic E-state index is 0.0375. The molecule has 1 heterocycles. The molecule has 136 valence electrons. The lowest BCUT2D eigenvalue weighted by atomic mass is 9.88. The van der Waals surface area contributed by atoms with E-state index in [2.05, 4.69) is 0 Å². The van der Waals surface area contributed by atoms with Crippen molar-refractivity contribution in [3.8, 4) is 5.75 Å². The van der Waals surface area contributed by atoms with Gasteiger partial charge < -0.3 is 14.5 Å². The summed E-state index contributed by atoms with van der Waals surface area (Å²) in [6.07, 6.45) is 5.66. The van der Waals surface area contributed by atoms with Crippen LogP contribution < -0.4 is 4.74 Å². The molecular formula is C20H28N2O3. The van der Waals surface area contributed by atoms with Crippen molar-refractivity contribution in [2.45, 2.75) is 39.0 Å². The normalized spacial score (nSPS) is 19.0. The van der Waals surface area contributed by atoms with Gasteiger partial charge in [-0.15, -0.1) is 0 Å². The minimum Gasteiger partial charge on any atom is -0.496 e. The van der Waals surface area contributed by atoms with Gasteiger partial charge in [-0.1, -0.05) is 19.3 Å². The lowest BCUT2D eigenvalue weighted by Gasteiger charge is -2.37. The number of ether oxygens (including phenoxy) is 1. The van der Waals surface area contributed by atoms with Crippen molar-refractivity contribution in [2.24, 2.45) is 5.92 Å². The molecule has 2 fully saturated rings. The van der Waals surface area contributed by atoms with Crippen LogP contribution in [0.4, 0.5) is 0 Å². The van der Waals surface area contributed by atoms with Crippen molar-refractivity contribution in [1.29, 1.82) is 0 Å². The van der Waals surface area contributed by atoms with Crippen LogP contribution in [-0.4, -0.2) is 54.9 Å². The molecule has 2 amide bonds. The van der Waals surface area contributed by atoms with E-state index in [9.17, 15) is 9.59 Å². The maximum Gasteiger partial charge on any atom is 0.253 e. The monoisotopic (exact) mass is 344 g/mol. The molecule has 1 aromatic rings. The van der Waals surface area contributed by atoms with Crippen molar-refractivity contribution in [1.82, 2.24) is 9.80 Å². The first-order chi connectivity index (χ1) is 12.1. The Balaban J connectivity index is 1.57. The number of hydrogen-bond acceptors (Lipinski definition) is 3. The second-order valence-corrected chi connectivity index (χ2v) is 7.14. The summed E-state index contributed by atoms with van der Waals surface area (Å²) < 4.78 is 5.25. The maximum absolute atomic E-state index is 12.7. The number of methoxy groups -OCH3 is 1. The first-order valence-electron chi connectivity index (χ1n) is 9.33. The van der Waals surface area contributed by atoms with E-state index in [-0.39, 0.29) is 11.8 Å². The van der Waals surface area contributed by atoms with E-state index >= 15 is 0 Å². The summed E-state index contributed by atoms with van der Waals surface area (Å²) in [5, 5.41) is 0. The van der Waals surface area contributed by atoms with Gasteiger partial charge in [-0.05, 0) is 43.5 Å². The van der Waals surface area contributed by atoms with Crippen LogP contribution in [-0.2, 0) is 4.79 Å². The SMILES string of the molecule is COc1ccc(C(=O)N2CCN(C(=O)C3CCCCC3)CC2)cc1C. The first-order valence-corrected chi connectivity index (χ1v) is 9.33. The molecule has 5 nitrogen and oxygen atoms in total. The van der Waals surface area contributed by atoms with Gasteiger partial charge in [0, 0.05) is 37.7 Å². The van der Waals surface area contributed by atoms with Crippen molar-refractivity contribution in [3.63, 3.8) is 0 Å². The number of nitrogens with zero attached hydrogens (tertiary/aromatic N) is 2. The van der Waals surface area contributed by atoms with Gasteiger partial charge in [-0.25, -0.2) is 0 Å². The molecule has 1 aliphatic carbocycles. The zero-order valence-electron chi connectivity index (χ0n) is 15.3. The topological polar surface area (TPSA) is 49.9 Å². The van der Waals surface area contributed by atoms with Crippen LogP contribution in [0.25, 0.3) is 0 Å². The fourth-order valence-corrected chi connectivity index (χ4v) is 3.93. The molecule has 0 N–H and O–H groups in total. The Kier molecular flexibility index (Phi) is 5.61. The van der Waals surface area contributed by atoms with Crippen LogP contribution in [0.2, 0.25) is 0 Å². The number of carbonyl (C=O) groups excluding carboxylic acids is 2. The Hall–Kier alpha value is -2.04. The van der Waals surface area contributed by atoms with Crippen molar-refractivity contribution >= 4 is 11.8 Å². The van der Waals surface area contributed by atoms with Crippen molar-refractivity contribution < 1.29 is 14.3 Å². The summed E-state index contributed by atoms with van der Waals surface area (Å²) in [5.74, 6) is 1.34. The largest absolute Gasteiger partial charge is 0.496 e. The molecule has 1 saturated heterocycles. The minimum atomic E-state index is 0.0375.